The third kappa shape index (κ3) is 3.61. The minimum absolute atomic E-state index is 0.246. The average molecular weight is 363 g/mol. The summed E-state index contributed by atoms with van der Waals surface area (Å²) in [6.07, 6.45) is 0. The molecule has 0 spiro atoms. The van der Waals surface area contributed by atoms with E-state index in [1.807, 2.05) is 0 Å². The molecule has 0 saturated carbocycles. The lowest BCUT2D eigenvalue weighted by Crippen LogP contribution is -1.99. The zero-order valence-electron chi connectivity index (χ0n) is 10.0. The van der Waals surface area contributed by atoms with Crippen molar-refractivity contribution in [2.24, 2.45) is 0 Å². The lowest BCUT2D eigenvalue weighted by Gasteiger charge is -2.13. The first kappa shape index (κ1) is 15.1. The largest absolute Gasteiger partial charge is 0.397 e. The summed E-state index contributed by atoms with van der Waals surface area (Å²) in [4.78, 5) is 0.366. The van der Waals surface area contributed by atoms with E-state index in [1.165, 1.54) is 12.1 Å². The van der Waals surface area contributed by atoms with E-state index in [0.717, 1.165) is 0 Å². The summed E-state index contributed by atoms with van der Waals surface area (Å²) >= 11 is 3.44. The van der Waals surface area contributed by atoms with Crippen LogP contribution in [0.5, 0.6) is 0 Å². The minimum Gasteiger partial charge on any atom is -0.397 e. The molecule has 106 valence electrons. The maximum absolute atomic E-state index is 13.5. The van der Waals surface area contributed by atoms with Crippen LogP contribution in [-0.2, 0) is 0 Å². The van der Waals surface area contributed by atoms with Crippen LogP contribution in [0.15, 0.2) is 45.8 Å². The van der Waals surface area contributed by atoms with E-state index in [4.69, 9.17) is 5.73 Å². The van der Waals surface area contributed by atoms with Crippen molar-refractivity contribution < 1.29 is 13.2 Å². The van der Waals surface area contributed by atoms with Gasteiger partial charge >= 0.3 is 0 Å². The van der Waals surface area contributed by atoms with Crippen LogP contribution in [-0.4, -0.2) is 5.76 Å². The van der Waals surface area contributed by atoms with Crippen molar-refractivity contribution in [3.05, 3.63) is 46.7 Å². The van der Waals surface area contributed by atoms with Crippen molar-refractivity contribution in [1.29, 1.82) is 0 Å². The normalized spacial score (nSPS) is 10.8. The molecular weight excluding hydrogens is 353 g/mol. The predicted molar refractivity (Wildman–Crippen MR) is 80.1 cm³/mol. The van der Waals surface area contributed by atoms with Crippen molar-refractivity contribution in [2.45, 2.75) is 10.7 Å². The lowest BCUT2D eigenvalue weighted by molar-refractivity contribution is 0.252. The Bertz CT molecular complexity index is 623. The van der Waals surface area contributed by atoms with E-state index in [9.17, 15) is 13.2 Å². The Hall–Kier alpha value is -1.34. The highest BCUT2D eigenvalue weighted by Gasteiger charge is 2.12. The van der Waals surface area contributed by atoms with Crippen LogP contribution in [0.3, 0.4) is 0 Å². The van der Waals surface area contributed by atoms with Gasteiger partial charge in [0.2, 0.25) is 0 Å². The second-order valence-corrected chi connectivity index (χ2v) is 5.74. The Balaban J connectivity index is 2.33. The number of nitrogens with one attached hydrogen (secondary N) is 1. The molecule has 20 heavy (non-hydrogen) atoms. The molecule has 0 aliphatic carbocycles. The van der Waals surface area contributed by atoms with Gasteiger partial charge in [0.1, 0.15) is 5.82 Å². The fourth-order valence-corrected chi connectivity index (χ4v) is 2.54. The quantitative estimate of drug-likeness (QED) is 0.577. The SMILES string of the molecule is Nc1cc(Br)c(F)cc1Nc1ccccc1SC(F)F. The van der Waals surface area contributed by atoms with Gasteiger partial charge in [0.15, 0.2) is 0 Å². The smallest absolute Gasteiger partial charge is 0.288 e. The third-order valence-corrected chi connectivity index (χ3v) is 3.86. The molecule has 7 heteroatoms. The number of rotatable bonds is 4. The molecule has 0 aromatic heterocycles. The van der Waals surface area contributed by atoms with Crippen molar-refractivity contribution >= 4 is 44.8 Å². The fourth-order valence-electron chi connectivity index (χ4n) is 1.58. The Labute approximate surface area is 126 Å². The number of para-hydroxylation sites is 1. The second kappa shape index (κ2) is 6.41. The first-order chi connectivity index (χ1) is 9.47. The second-order valence-electron chi connectivity index (χ2n) is 3.85. The molecule has 0 bridgehead atoms. The molecule has 0 fully saturated rings. The number of anilines is 3. The van der Waals surface area contributed by atoms with Gasteiger partial charge in [0.05, 0.1) is 21.5 Å². The summed E-state index contributed by atoms with van der Waals surface area (Å²) < 4.78 is 38.7. The van der Waals surface area contributed by atoms with Gasteiger partial charge < -0.3 is 11.1 Å². The molecule has 0 radical (unpaired) electrons. The van der Waals surface area contributed by atoms with Gasteiger partial charge in [-0.2, -0.15) is 8.78 Å². The maximum atomic E-state index is 13.5. The first-order valence-electron chi connectivity index (χ1n) is 5.52. The molecule has 2 rings (SSSR count). The molecule has 0 saturated heterocycles. The van der Waals surface area contributed by atoms with E-state index in [0.29, 0.717) is 33.7 Å². The standard InChI is InChI=1S/C13H10BrF3N2S/c14-7-5-9(18)11(6-8(7)15)19-10-3-1-2-4-12(10)20-13(16)17/h1-6,13,19H,18H2. The summed E-state index contributed by atoms with van der Waals surface area (Å²) in [7, 11) is 0. The van der Waals surface area contributed by atoms with E-state index in [-0.39, 0.29) is 4.47 Å². The monoisotopic (exact) mass is 362 g/mol. The highest BCUT2D eigenvalue weighted by atomic mass is 79.9. The number of halogens is 4. The molecule has 0 aliphatic rings. The Kier molecular flexibility index (Phi) is 4.82. The molecule has 0 amide bonds. The number of hydrogen-bond donors (Lipinski definition) is 2. The van der Waals surface area contributed by atoms with Gasteiger partial charge in [0, 0.05) is 11.0 Å². The Morgan fingerprint density at radius 2 is 1.85 bits per heavy atom. The molecule has 0 heterocycles. The maximum Gasteiger partial charge on any atom is 0.288 e. The zero-order valence-corrected chi connectivity index (χ0v) is 12.4. The van der Waals surface area contributed by atoms with Crippen LogP contribution in [0.2, 0.25) is 0 Å². The molecule has 2 aromatic carbocycles. The van der Waals surface area contributed by atoms with Crippen molar-refractivity contribution in [2.75, 3.05) is 11.1 Å². The van der Waals surface area contributed by atoms with Gasteiger partial charge in [-0.25, -0.2) is 4.39 Å². The molecule has 0 atom stereocenters. The molecule has 3 N–H and O–H groups in total. The van der Waals surface area contributed by atoms with Gasteiger partial charge in [-0.05, 0) is 34.1 Å². The molecule has 2 nitrogen and oxygen atoms in total. The van der Waals surface area contributed by atoms with E-state index >= 15 is 0 Å². The highest BCUT2D eigenvalue weighted by Crippen LogP contribution is 2.35. The number of thioether (sulfide) groups is 1. The summed E-state index contributed by atoms with van der Waals surface area (Å²) in [6, 6.07) is 9.17. The number of alkyl halides is 2. The number of benzene rings is 2. The lowest BCUT2D eigenvalue weighted by atomic mass is 10.2. The molecular formula is C13H10BrF3N2S. The highest BCUT2D eigenvalue weighted by molar-refractivity contribution is 9.10. The minimum atomic E-state index is -2.53. The summed E-state index contributed by atoms with van der Waals surface area (Å²) in [5.41, 5.74) is 6.87. The topological polar surface area (TPSA) is 38.0 Å². The number of nitrogen functional groups attached to an aromatic ring is 1. The summed E-state index contributed by atoms with van der Waals surface area (Å²) in [5.74, 6) is -3.02. The van der Waals surface area contributed by atoms with Gasteiger partial charge in [-0.15, -0.1) is 0 Å². The summed E-state index contributed by atoms with van der Waals surface area (Å²) in [5, 5.41) is 2.87. The van der Waals surface area contributed by atoms with Crippen LogP contribution >= 0.6 is 27.7 Å². The van der Waals surface area contributed by atoms with Gasteiger partial charge in [-0.3, -0.25) is 0 Å². The molecule has 2 aromatic rings. The van der Waals surface area contributed by atoms with Crippen molar-refractivity contribution in [3.63, 3.8) is 0 Å². The zero-order chi connectivity index (χ0) is 14.7. The Morgan fingerprint density at radius 1 is 1.15 bits per heavy atom. The Morgan fingerprint density at radius 3 is 2.55 bits per heavy atom. The van der Waals surface area contributed by atoms with E-state index in [2.05, 4.69) is 21.2 Å². The van der Waals surface area contributed by atoms with Crippen LogP contribution in [0.4, 0.5) is 30.2 Å². The van der Waals surface area contributed by atoms with Crippen molar-refractivity contribution in [3.8, 4) is 0 Å². The fraction of sp³-hybridized carbons (Fsp3) is 0.0769. The van der Waals surface area contributed by atoms with Crippen LogP contribution in [0.25, 0.3) is 0 Å². The van der Waals surface area contributed by atoms with Crippen LogP contribution in [0.1, 0.15) is 0 Å². The van der Waals surface area contributed by atoms with Crippen LogP contribution < -0.4 is 11.1 Å². The van der Waals surface area contributed by atoms with Crippen LogP contribution in [0, 0.1) is 5.82 Å². The van der Waals surface area contributed by atoms with Gasteiger partial charge in [-0.1, -0.05) is 23.9 Å². The predicted octanol–water partition coefficient (Wildman–Crippen LogP) is 5.23. The molecule has 0 unspecified atom stereocenters. The van der Waals surface area contributed by atoms with Crippen molar-refractivity contribution in [1.82, 2.24) is 0 Å². The first-order valence-corrected chi connectivity index (χ1v) is 7.20. The average Bonchev–Trinajstić information content (AvgIpc) is 2.37. The number of nitrogens with two attached hydrogens (primary N) is 1. The third-order valence-electron chi connectivity index (χ3n) is 2.46. The summed E-state index contributed by atoms with van der Waals surface area (Å²) in [6.45, 7) is 0. The number of hydrogen-bond acceptors (Lipinski definition) is 3. The van der Waals surface area contributed by atoms with E-state index < -0.39 is 11.6 Å². The molecule has 0 aliphatic heterocycles. The van der Waals surface area contributed by atoms with Gasteiger partial charge in [0.25, 0.3) is 5.76 Å². The van der Waals surface area contributed by atoms with E-state index in [1.54, 1.807) is 24.3 Å².